The number of halogens is 1. The summed E-state index contributed by atoms with van der Waals surface area (Å²) < 4.78 is 11.0. The SMILES string of the molecule is CCC[C@H](NC(=O)[C@@H]1C[C@]2(C=C(c3cc(Cl)c(OC)cc3OC)NO2)CN1C(=O)[C@@H](NC(=O)CC1CC2CCC1C2)C(C)(C)C)C(=O)C(=O)CC1CC1. The normalized spacial score (nSPS) is 27.2. The van der Waals surface area contributed by atoms with Gasteiger partial charge in [0.1, 0.15) is 29.2 Å². The smallest absolute Gasteiger partial charge is 0.246 e. The number of likely N-dealkylation sites (tertiary alicyclic amines) is 1. The van der Waals surface area contributed by atoms with E-state index in [9.17, 15) is 24.0 Å². The maximum atomic E-state index is 14.8. The molecule has 3 N–H and O–H groups in total. The largest absolute Gasteiger partial charge is 0.496 e. The molecule has 1 aromatic rings. The Labute approximate surface area is 317 Å². The van der Waals surface area contributed by atoms with Gasteiger partial charge in [-0.05, 0) is 79.8 Å². The lowest BCUT2D eigenvalue weighted by Crippen LogP contribution is -2.59. The van der Waals surface area contributed by atoms with Crippen molar-refractivity contribution in [1.82, 2.24) is 21.0 Å². The second-order valence-corrected chi connectivity index (χ2v) is 17.4. The van der Waals surface area contributed by atoms with Crippen molar-refractivity contribution >= 4 is 46.6 Å². The number of benzene rings is 1. The van der Waals surface area contributed by atoms with Gasteiger partial charge in [-0.15, -0.1) is 0 Å². The molecule has 0 radical (unpaired) electrons. The van der Waals surface area contributed by atoms with Gasteiger partial charge in [-0.3, -0.25) is 34.3 Å². The molecule has 7 atom stereocenters. The summed E-state index contributed by atoms with van der Waals surface area (Å²) in [6.07, 6.45) is 9.75. The molecule has 12 nitrogen and oxygen atoms in total. The Kier molecular flexibility index (Phi) is 11.5. The first kappa shape index (κ1) is 39.1. The molecule has 1 spiro atoms. The Morgan fingerprint density at radius 3 is 2.36 bits per heavy atom. The van der Waals surface area contributed by atoms with Crippen molar-refractivity contribution in [3.63, 3.8) is 0 Å². The van der Waals surface area contributed by atoms with Crippen molar-refractivity contribution in [2.24, 2.45) is 29.1 Å². The highest BCUT2D eigenvalue weighted by Crippen LogP contribution is 2.49. The third kappa shape index (κ3) is 8.53. The maximum absolute atomic E-state index is 14.8. The second kappa shape index (κ2) is 15.6. The third-order valence-electron chi connectivity index (χ3n) is 11.9. The van der Waals surface area contributed by atoms with Crippen molar-refractivity contribution in [3.05, 3.63) is 28.8 Å². The summed E-state index contributed by atoms with van der Waals surface area (Å²) in [5.74, 6) is 0.461. The number of hydroxylamine groups is 1. The summed E-state index contributed by atoms with van der Waals surface area (Å²) in [5.41, 5.74) is 2.22. The van der Waals surface area contributed by atoms with Crippen LogP contribution in [0, 0.1) is 29.1 Å². The number of ether oxygens (including phenoxy) is 2. The number of carbonyl (C=O) groups is 5. The molecule has 0 aromatic heterocycles. The number of nitrogens with zero attached hydrogens (tertiary/aromatic N) is 1. The number of fused-ring (bicyclic) bond motifs is 2. The van der Waals surface area contributed by atoms with Crippen LogP contribution < -0.4 is 25.6 Å². The monoisotopic (exact) mass is 754 g/mol. The zero-order valence-corrected chi connectivity index (χ0v) is 32.6. The first-order chi connectivity index (χ1) is 25.1. The number of hydrogen-bond donors (Lipinski definition) is 3. The Hall–Kier alpha value is -3.64. The number of amides is 3. The van der Waals surface area contributed by atoms with Gasteiger partial charge in [0.15, 0.2) is 0 Å². The summed E-state index contributed by atoms with van der Waals surface area (Å²) in [4.78, 5) is 76.5. The maximum Gasteiger partial charge on any atom is 0.246 e. The van der Waals surface area contributed by atoms with Gasteiger partial charge in [-0.25, -0.2) is 0 Å². The minimum Gasteiger partial charge on any atom is -0.496 e. The van der Waals surface area contributed by atoms with Crippen molar-refractivity contribution in [1.29, 1.82) is 0 Å². The van der Waals surface area contributed by atoms with Crippen LogP contribution in [0.15, 0.2) is 18.2 Å². The summed E-state index contributed by atoms with van der Waals surface area (Å²) in [6.45, 7) is 7.53. The first-order valence-corrected chi connectivity index (χ1v) is 19.6. The molecule has 13 heteroatoms. The van der Waals surface area contributed by atoms with Crippen LogP contribution in [0.2, 0.25) is 5.02 Å². The molecule has 3 unspecified atom stereocenters. The highest BCUT2D eigenvalue weighted by molar-refractivity contribution is 6.39. The van der Waals surface area contributed by atoms with E-state index in [0.29, 0.717) is 58.4 Å². The van der Waals surface area contributed by atoms with Crippen molar-refractivity contribution in [3.8, 4) is 11.5 Å². The Balaban J connectivity index is 1.28. The van der Waals surface area contributed by atoms with Gasteiger partial charge >= 0.3 is 0 Å². The molecule has 1 saturated heterocycles. The fourth-order valence-corrected chi connectivity index (χ4v) is 9.07. The van der Waals surface area contributed by atoms with Crippen LogP contribution in [0.4, 0.5) is 0 Å². The van der Waals surface area contributed by atoms with E-state index in [1.807, 2.05) is 33.8 Å². The number of nitrogens with one attached hydrogen (secondary N) is 3. The van der Waals surface area contributed by atoms with Gasteiger partial charge in [0.05, 0.1) is 37.5 Å². The van der Waals surface area contributed by atoms with Gasteiger partial charge in [0, 0.05) is 30.9 Å². The van der Waals surface area contributed by atoms with Gasteiger partial charge in [-0.1, -0.05) is 52.1 Å². The second-order valence-electron chi connectivity index (χ2n) is 17.0. The van der Waals surface area contributed by atoms with E-state index in [2.05, 4.69) is 16.1 Å². The minimum atomic E-state index is -1.16. The topological polar surface area (TPSA) is 152 Å². The van der Waals surface area contributed by atoms with E-state index in [1.54, 1.807) is 12.1 Å². The lowest BCUT2D eigenvalue weighted by atomic mass is 9.84. The number of hydrogen-bond acceptors (Lipinski definition) is 9. The molecule has 6 rings (SSSR count). The molecule has 3 amide bonds. The molecule has 2 bridgehead atoms. The van der Waals surface area contributed by atoms with E-state index >= 15 is 0 Å². The van der Waals surface area contributed by atoms with Crippen LogP contribution in [0.25, 0.3) is 5.70 Å². The molecule has 2 aliphatic heterocycles. The zero-order chi connectivity index (χ0) is 38.2. The van der Waals surface area contributed by atoms with Gasteiger partial charge in [0.25, 0.3) is 0 Å². The quantitative estimate of drug-likeness (QED) is 0.207. The summed E-state index contributed by atoms with van der Waals surface area (Å²) in [5, 5.41) is 6.27. The Morgan fingerprint density at radius 2 is 1.75 bits per heavy atom. The third-order valence-corrected chi connectivity index (χ3v) is 12.2. The van der Waals surface area contributed by atoms with E-state index < -0.39 is 52.5 Å². The highest BCUT2D eigenvalue weighted by Gasteiger charge is 2.54. The van der Waals surface area contributed by atoms with Crippen molar-refractivity contribution < 1.29 is 38.3 Å². The predicted octanol–water partition coefficient (Wildman–Crippen LogP) is 5.15. The zero-order valence-electron chi connectivity index (χ0n) is 31.8. The van der Waals surface area contributed by atoms with E-state index in [0.717, 1.165) is 25.7 Å². The molecule has 1 aromatic carbocycles. The van der Waals surface area contributed by atoms with Gasteiger partial charge < -0.3 is 25.0 Å². The molecule has 3 saturated carbocycles. The number of methoxy groups -OCH3 is 2. The average Bonchev–Trinajstić information content (AvgIpc) is 3.44. The average molecular weight is 755 g/mol. The van der Waals surface area contributed by atoms with E-state index in [4.69, 9.17) is 25.9 Å². The Morgan fingerprint density at radius 1 is 1.02 bits per heavy atom. The van der Waals surface area contributed by atoms with Crippen LogP contribution >= 0.6 is 11.6 Å². The van der Waals surface area contributed by atoms with Gasteiger partial charge in [-0.2, -0.15) is 0 Å². The van der Waals surface area contributed by atoms with Crippen LogP contribution in [0.3, 0.4) is 0 Å². The van der Waals surface area contributed by atoms with Gasteiger partial charge in [0.2, 0.25) is 29.3 Å². The molecule has 53 heavy (non-hydrogen) atoms. The van der Waals surface area contributed by atoms with Crippen LogP contribution in [0.5, 0.6) is 11.5 Å². The predicted molar refractivity (Wildman–Crippen MR) is 199 cm³/mol. The number of rotatable bonds is 15. The molecular formula is C40H55ClN4O8. The highest BCUT2D eigenvalue weighted by atomic mass is 35.5. The number of ketones is 2. The van der Waals surface area contributed by atoms with E-state index in [1.165, 1.54) is 32.0 Å². The van der Waals surface area contributed by atoms with Crippen LogP contribution in [-0.2, 0) is 28.8 Å². The standard InChI is InChI=1S/C40H55ClN4O8/c1-7-8-28(35(48)31(46)15-22-9-10-22)42-37(49)30-20-40(19-29(44-53-40)26-17-27(41)33(52-6)18-32(26)51-5)21-45(30)38(50)36(39(2,3)4)43-34(47)16-25-14-23-11-12-24(25)13-23/h17-19,22-25,28,30,36,44H,7-16,20-21H2,1-6H3,(H,42,49)(H,43,47)/t23?,24?,25?,28-,30-,36+,40+/m0/s1. The number of Topliss-reactive ketones (excluding diaryl/α,β-unsaturated/α-hetero) is 2. The fourth-order valence-electron chi connectivity index (χ4n) is 8.83. The Bertz CT molecular complexity index is 1650. The first-order valence-electron chi connectivity index (χ1n) is 19.2. The molecule has 290 valence electrons. The number of carbonyl (C=O) groups excluding carboxylic acids is 5. The molecule has 3 aliphatic carbocycles. The molecule has 5 aliphatic rings. The lowest BCUT2D eigenvalue weighted by molar-refractivity contribution is -0.145. The summed E-state index contributed by atoms with van der Waals surface area (Å²) >= 11 is 6.49. The summed E-state index contributed by atoms with van der Waals surface area (Å²) in [7, 11) is 3.03. The summed E-state index contributed by atoms with van der Waals surface area (Å²) in [6, 6.07) is 0.328. The van der Waals surface area contributed by atoms with Crippen LogP contribution in [-0.4, -0.2) is 78.7 Å². The minimum absolute atomic E-state index is 0.0194. The van der Waals surface area contributed by atoms with E-state index in [-0.39, 0.29) is 37.6 Å². The van der Waals surface area contributed by atoms with Crippen molar-refractivity contribution in [2.45, 2.75) is 122 Å². The molecular weight excluding hydrogens is 700 g/mol. The lowest BCUT2D eigenvalue weighted by Gasteiger charge is -2.36. The van der Waals surface area contributed by atoms with Crippen molar-refractivity contribution in [2.75, 3.05) is 20.8 Å². The molecule has 4 fully saturated rings. The van der Waals surface area contributed by atoms with Crippen LogP contribution in [0.1, 0.15) is 104 Å². The molecule has 2 heterocycles. The fraction of sp³-hybridized carbons (Fsp3) is 0.675.